The number of halogens is 3. The predicted octanol–water partition coefficient (Wildman–Crippen LogP) is 3.32. The molecule has 1 aliphatic heterocycles. The molecule has 1 atom stereocenters. The van der Waals surface area contributed by atoms with Gasteiger partial charge in [0.05, 0.1) is 13.2 Å². The fraction of sp³-hybridized carbons (Fsp3) is 0.357. The largest absolute Gasteiger partial charge is 0.496 e. The number of alkyl halides is 3. The van der Waals surface area contributed by atoms with Crippen molar-refractivity contribution in [3.63, 3.8) is 0 Å². The fourth-order valence-electron chi connectivity index (χ4n) is 2.59. The molecule has 2 heterocycles. The van der Waals surface area contributed by atoms with Crippen molar-refractivity contribution in [2.24, 2.45) is 0 Å². The average molecular weight is 297 g/mol. The standard InChI is InChI=1S/C14H14F3N3O/c1-21-11-5-3-2-4-9(11)10-6-7-18-13-8-12(14(15,16)17)19-20(10)13/h2-5,8,10,18H,6-7H2,1H3. The van der Waals surface area contributed by atoms with Crippen LogP contribution in [0, 0.1) is 0 Å². The normalized spacial score (nSPS) is 18.0. The number of anilines is 1. The molecule has 0 amide bonds. The lowest BCUT2D eigenvalue weighted by Crippen LogP contribution is -2.24. The van der Waals surface area contributed by atoms with Gasteiger partial charge in [0.25, 0.3) is 0 Å². The van der Waals surface area contributed by atoms with Crippen molar-refractivity contribution in [1.29, 1.82) is 0 Å². The molecule has 4 nitrogen and oxygen atoms in total. The molecule has 3 rings (SSSR count). The van der Waals surface area contributed by atoms with Gasteiger partial charge in [-0.3, -0.25) is 0 Å². The maximum Gasteiger partial charge on any atom is 0.435 e. The van der Waals surface area contributed by atoms with E-state index < -0.39 is 11.9 Å². The molecule has 0 saturated heterocycles. The number of benzene rings is 1. The van der Waals surface area contributed by atoms with Gasteiger partial charge in [-0.25, -0.2) is 4.68 Å². The topological polar surface area (TPSA) is 39.1 Å². The lowest BCUT2D eigenvalue weighted by atomic mass is 10.0. The number of ether oxygens (including phenoxy) is 1. The van der Waals surface area contributed by atoms with Crippen LogP contribution >= 0.6 is 0 Å². The first-order valence-corrected chi connectivity index (χ1v) is 6.54. The predicted molar refractivity (Wildman–Crippen MR) is 71.5 cm³/mol. The molecular formula is C14H14F3N3O. The van der Waals surface area contributed by atoms with Crippen LogP contribution in [0.5, 0.6) is 5.75 Å². The smallest absolute Gasteiger partial charge is 0.435 e. The fourth-order valence-corrected chi connectivity index (χ4v) is 2.59. The third kappa shape index (κ3) is 2.43. The quantitative estimate of drug-likeness (QED) is 0.924. The van der Waals surface area contributed by atoms with Crippen LogP contribution in [0.25, 0.3) is 0 Å². The molecule has 1 aromatic heterocycles. The minimum Gasteiger partial charge on any atom is -0.496 e. The first-order chi connectivity index (χ1) is 10.0. The number of nitrogens with zero attached hydrogens (tertiary/aromatic N) is 2. The second-order valence-electron chi connectivity index (χ2n) is 4.83. The average Bonchev–Trinajstić information content (AvgIpc) is 2.91. The summed E-state index contributed by atoms with van der Waals surface area (Å²) in [5, 5.41) is 6.68. The van der Waals surface area contributed by atoms with E-state index in [9.17, 15) is 13.2 Å². The van der Waals surface area contributed by atoms with Crippen LogP contribution in [-0.4, -0.2) is 23.4 Å². The SMILES string of the molecule is COc1ccccc1C1CCNc2cc(C(F)(F)F)nn21. The van der Waals surface area contributed by atoms with Gasteiger partial charge >= 0.3 is 6.18 Å². The molecule has 112 valence electrons. The van der Waals surface area contributed by atoms with E-state index in [1.165, 1.54) is 4.68 Å². The maximum absolute atomic E-state index is 12.8. The Morgan fingerprint density at radius 1 is 1.33 bits per heavy atom. The minimum absolute atomic E-state index is 0.270. The monoisotopic (exact) mass is 297 g/mol. The van der Waals surface area contributed by atoms with Crippen molar-refractivity contribution >= 4 is 5.82 Å². The minimum atomic E-state index is -4.45. The van der Waals surface area contributed by atoms with Gasteiger partial charge in [-0.1, -0.05) is 18.2 Å². The van der Waals surface area contributed by atoms with Crippen LogP contribution in [0.2, 0.25) is 0 Å². The number of nitrogens with one attached hydrogen (secondary N) is 1. The number of aromatic nitrogens is 2. The van der Waals surface area contributed by atoms with Crippen molar-refractivity contribution < 1.29 is 17.9 Å². The molecule has 2 aromatic rings. The van der Waals surface area contributed by atoms with E-state index in [1.54, 1.807) is 13.2 Å². The number of hydrogen-bond donors (Lipinski definition) is 1. The van der Waals surface area contributed by atoms with E-state index in [0.717, 1.165) is 11.6 Å². The van der Waals surface area contributed by atoms with E-state index in [1.807, 2.05) is 18.2 Å². The first-order valence-electron chi connectivity index (χ1n) is 6.54. The van der Waals surface area contributed by atoms with Gasteiger partial charge in [-0.05, 0) is 12.5 Å². The van der Waals surface area contributed by atoms with Crippen LogP contribution in [0.1, 0.15) is 23.7 Å². The molecule has 1 N–H and O–H groups in total. The Morgan fingerprint density at radius 2 is 2.10 bits per heavy atom. The summed E-state index contributed by atoms with van der Waals surface area (Å²) >= 11 is 0. The van der Waals surface area contributed by atoms with Gasteiger partial charge in [-0.15, -0.1) is 0 Å². The lowest BCUT2D eigenvalue weighted by molar-refractivity contribution is -0.141. The highest BCUT2D eigenvalue weighted by Gasteiger charge is 2.37. The maximum atomic E-state index is 12.8. The molecule has 0 spiro atoms. The summed E-state index contributed by atoms with van der Waals surface area (Å²) in [6.07, 6.45) is -3.80. The molecule has 0 bridgehead atoms. The molecule has 1 aromatic carbocycles. The van der Waals surface area contributed by atoms with Crippen molar-refractivity contribution in [1.82, 2.24) is 9.78 Å². The number of methoxy groups -OCH3 is 1. The van der Waals surface area contributed by atoms with E-state index in [4.69, 9.17) is 4.74 Å². The summed E-state index contributed by atoms with van der Waals surface area (Å²) in [7, 11) is 1.55. The Kier molecular flexibility index (Phi) is 3.27. The van der Waals surface area contributed by atoms with Gasteiger partial charge in [0.1, 0.15) is 11.6 Å². The van der Waals surface area contributed by atoms with Gasteiger partial charge < -0.3 is 10.1 Å². The van der Waals surface area contributed by atoms with Crippen molar-refractivity contribution in [2.75, 3.05) is 19.0 Å². The highest BCUT2D eigenvalue weighted by atomic mass is 19.4. The molecule has 1 aliphatic rings. The molecular weight excluding hydrogens is 283 g/mol. The van der Waals surface area contributed by atoms with Crippen molar-refractivity contribution in [3.8, 4) is 5.75 Å². The van der Waals surface area contributed by atoms with Crippen LogP contribution < -0.4 is 10.1 Å². The Labute approximate surface area is 119 Å². The summed E-state index contributed by atoms with van der Waals surface area (Å²) in [6, 6.07) is 8.09. The molecule has 0 radical (unpaired) electrons. The van der Waals surface area contributed by atoms with Gasteiger partial charge in [0, 0.05) is 18.2 Å². The van der Waals surface area contributed by atoms with E-state index >= 15 is 0 Å². The zero-order valence-corrected chi connectivity index (χ0v) is 11.3. The van der Waals surface area contributed by atoms with E-state index in [0.29, 0.717) is 24.5 Å². The zero-order valence-electron chi connectivity index (χ0n) is 11.3. The van der Waals surface area contributed by atoms with Gasteiger partial charge in [-0.2, -0.15) is 18.3 Å². The highest BCUT2D eigenvalue weighted by molar-refractivity contribution is 5.44. The third-order valence-corrected chi connectivity index (χ3v) is 3.54. The Bertz CT molecular complexity index is 651. The Morgan fingerprint density at radius 3 is 2.81 bits per heavy atom. The third-order valence-electron chi connectivity index (χ3n) is 3.54. The molecule has 21 heavy (non-hydrogen) atoms. The molecule has 7 heteroatoms. The summed E-state index contributed by atoms with van der Waals surface area (Å²) in [5.41, 5.74) is -0.0497. The molecule has 1 unspecified atom stereocenters. The second kappa shape index (κ2) is 4.98. The van der Waals surface area contributed by atoms with Crippen LogP contribution in [0.4, 0.5) is 19.0 Å². The highest BCUT2D eigenvalue weighted by Crippen LogP contribution is 2.37. The number of para-hydroxylation sites is 1. The number of fused-ring (bicyclic) bond motifs is 1. The van der Waals surface area contributed by atoms with Gasteiger partial charge in [0.2, 0.25) is 0 Å². The van der Waals surface area contributed by atoms with E-state index in [-0.39, 0.29) is 6.04 Å². The molecule has 0 fully saturated rings. The van der Waals surface area contributed by atoms with E-state index in [2.05, 4.69) is 10.4 Å². The summed E-state index contributed by atoms with van der Waals surface area (Å²) in [5.74, 6) is 1.03. The zero-order chi connectivity index (χ0) is 15.0. The van der Waals surface area contributed by atoms with Crippen LogP contribution in [-0.2, 0) is 6.18 Å². The molecule has 0 saturated carbocycles. The molecule has 0 aliphatic carbocycles. The Balaban J connectivity index is 2.06. The number of hydrogen-bond acceptors (Lipinski definition) is 3. The summed E-state index contributed by atoms with van der Waals surface area (Å²) in [4.78, 5) is 0. The van der Waals surface area contributed by atoms with Crippen molar-refractivity contribution in [3.05, 3.63) is 41.6 Å². The summed E-state index contributed by atoms with van der Waals surface area (Å²) in [6.45, 7) is 0.589. The number of rotatable bonds is 2. The van der Waals surface area contributed by atoms with Gasteiger partial charge in [0.15, 0.2) is 5.69 Å². The van der Waals surface area contributed by atoms with Crippen molar-refractivity contribution in [2.45, 2.75) is 18.6 Å². The Hall–Kier alpha value is -2.18. The second-order valence-corrected chi connectivity index (χ2v) is 4.83. The first kappa shape index (κ1) is 13.8. The van der Waals surface area contributed by atoms with Crippen LogP contribution in [0.15, 0.2) is 30.3 Å². The lowest BCUT2D eigenvalue weighted by Gasteiger charge is -2.27. The van der Waals surface area contributed by atoms with Crippen LogP contribution in [0.3, 0.4) is 0 Å². The summed E-state index contributed by atoms with van der Waals surface area (Å²) < 4.78 is 45.2.